The van der Waals surface area contributed by atoms with Gasteiger partial charge in [0.05, 0.1) is 0 Å². The van der Waals surface area contributed by atoms with E-state index in [1.54, 1.807) is 0 Å². The van der Waals surface area contributed by atoms with E-state index in [0.29, 0.717) is 5.69 Å². The molecule has 0 aliphatic heterocycles. The quantitative estimate of drug-likeness (QED) is 0.499. The Morgan fingerprint density at radius 2 is 1.70 bits per heavy atom. The van der Waals surface area contributed by atoms with Gasteiger partial charge in [-0.25, -0.2) is 0 Å². The monoisotopic (exact) mass is 321 g/mol. The predicted octanol–water partition coefficient (Wildman–Crippen LogP) is 3.30. The fourth-order valence-electron chi connectivity index (χ4n) is 2.16. The Kier molecular flexibility index (Phi) is 8.42. The first kappa shape index (κ1) is 18.7. The second-order valence-electron chi connectivity index (χ2n) is 5.36. The molecule has 0 bridgehead atoms. The summed E-state index contributed by atoms with van der Waals surface area (Å²) < 4.78 is 9.48. The molecule has 1 N–H and O–H groups in total. The number of carbonyl (C=O) groups excluding carboxylic acids is 3. The Hall–Kier alpha value is -2.37. The van der Waals surface area contributed by atoms with Crippen LogP contribution in [0.4, 0.5) is 5.69 Å². The molecule has 0 fully saturated rings. The lowest BCUT2D eigenvalue weighted by molar-refractivity contribution is -0.121. The molecule has 1 rings (SSSR count). The number of hydrogen-bond donors (Lipinski definition) is 1. The summed E-state index contributed by atoms with van der Waals surface area (Å²) in [6, 6.07) is 4.37. The Morgan fingerprint density at radius 3 is 2.22 bits per heavy atom. The molecule has 0 saturated carbocycles. The Morgan fingerprint density at radius 1 is 1.09 bits per heavy atom. The highest BCUT2D eigenvalue weighted by Gasteiger charge is 2.14. The van der Waals surface area contributed by atoms with Crippen LogP contribution < -0.4 is 14.8 Å². The third-order valence-electron chi connectivity index (χ3n) is 3.45. The highest BCUT2D eigenvalue weighted by Crippen LogP contribution is 2.26. The summed E-state index contributed by atoms with van der Waals surface area (Å²) in [5.41, 5.74) is 0.409. The average molecular weight is 321 g/mol. The SMILES string of the molecule is CCCCCCC(C)C(=O)Nc1cc(OC=O)cc(OC=O)c1. The number of nitrogens with one attached hydrogen (secondary N) is 1. The molecule has 6 heteroatoms. The third kappa shape index (κ3) is 6.95. The zero-order valence-corrected chi connectivity index (χ0v) is 13.5. The molecule has 0 heterocycles. The summed E-state index contributed by atoms with van der Waals surface area (Å²) in [5, 5.41) is 2.75. The molecule has 0 aliphatic rings. The van der Waals surface area contributed by atoms with Crippen LogP contribution in [0.3, 0.4) is 0 Å². The number of rotatable bonds is 11. The number of anilines is 1. The smallest absolute Gasteiger partial charge is 0.298 e. The van der Waals surface area contributed by atoms with E-state index >= 15 is 0 Å². The van der Waals surface area contributed by atoms with Gasteiger partial charge in [-0.2, -0.15) is 0 Å². The number of unbranched alkanes of at least 4 members (excludes halogenated alkanes) is 3. The highest BCUT2D eigenvalue weighted by molar-refractivity contribution is 5.92. The van der Waals surface area contributed by atoms with Crippen molar-refractivity contribution in [2.45, 2.75) is 46.0 Å². The van der Waals surface area contributed by atoms with Crippen molar-refractivity contribution in [2.24, 2.45) is 5.92 Å². The maximum atomic E-state index is 12.2. The van der Waals surface area contributed by atoms with E-state index in [1.165, 1.54) is 24.6 Å². The van der Waals surface area contributed by atoms with E-state index in [1.807, 2.05) is 6.92 Å². The Labute approximate surface area is 136 Å². The van der Waals surface area contributed by atoms with Gasteiger partial charge in [0.15, 0.2) is 0 Å². The van der Waals surface area contributed by atoms with Gasteiger partial charge in [0, 0.05) is 29.8 Å². The molecular formula is C17H23NO5. The van der Waals surface area contributed by atoms with E-state index < -0.39 is 0 Å². The second kappa shape index (κ2) is 10.4. The molecule has 1 aromatic rings. The molecule has 1 unspecified atom stereocenters. The number of ether oxygens (including phenoxy) is 2. The van der Waals surface area contributed by atoms with Crippen molar-refractivity contribution in [3.05, 3.63) is 18.2 Å². The Balaban J connectivity index is 2.68. The van der Waals surface area contributed by atoms with Gasteiger partial charge in [-0.05, 0) is 6.42 Å². The van der Waals surface area contributed by atoms with Crippen LogP contribution in [0.15, 0.2) is 18.2 Å². The largest absolute Gasteiger partial charge is 0.429 e. The molecule has 0 radical (unpaired) electrons. The molecule has 23 heavy (non-hydrogen) atoms. The molecule has 1 aromatic carbocycles. The maximum absolute atomic E-state index is 12.2. The first-order chi connectivity index (χ1) is 11.1. The minimum absolute atomic E-state index is 0.123. The zero-order valence-electron chi connectivity index (χ0n) is 13.5. The molecule has 0 aliphatic carbocycles. The van der Waals surface area contributed by atoms with Crippen molar-refractivity contribution < 1.29 is 23.9 Å². The summed E-state index contributed by atoms with van der Waals surface area (Å²) in [5.74, 6) is 0.121. The van der Waals surface area contributed by atoms with Crippen LogP contribution in [0.25, 0.3) is 0 Å². The van der Waals surface area contributed by atoms with Gasteiger partial charge in [0.1, 0.15) is 11.5 Å². The molecule has 1 amide bonds. The lowest BCUT2D eigenvalue weighted by Crippen LogP contribution is -2.20. The lowest BCUT2D eigenvalue weighted by atomic mass is 10.0. The van der Waals surface area contributed by atoms with Crippen LogP contribution >= 0.6 is 0 Å². The van der Waals surface area contributed by atoms with Crippen molar-refractivity contribution in [2.75, 3.05) is 5.32 Å². The highest BCUT2D eigenvalue weighted by atomic mass is 16.5. The standard InChI is InChI=1S/C17H23NO5/c1-3-4-5-6-7-13(2)17(21)18-14-8-15(22-11-19)10-16(9-14)23-12-20/h8-13H,3-7H2,1-2H3,(H,18,21). The van der Waals surface area contributed by atoms with E-state index in [4.69, 9.17) is 9.47 Å². The van der Waals surface area contributed by atoms with E-state index in [2.05, 4.69) is 12.2 Å². The van der Waals surface area contributed by atoms with Crippen LogP contribution in [0, 0.1) is 5.92 Å². The van der Waals surface area contributed by atoms with Crippen molar-refractivity contribution in [1.82, 2.24) is 0 Å². The Bertz CT molecular complexity index is 501. The predicted molar refractivity (Wildman–Crippen MR) is 86.4 cm³/mol. The van der Waals surface area contributed by atoms with Gasteiger partial charge >= 0.3 is 0 Å². The summed E-state index contributed by atoms with van der Waals surface area (Å²) in [4.78, 5) is 33.1. The second-order valence-corrected chi connectivity index (χ2v) is 5.36. The molecular weight excluding hydrogens is 298 g/mol. The normalized spacial score (nSPS) is 11.4. The first-order valence-electron chi connectivity index (χ1n) is 7.77. The molecule has 126 valence electrons. The average Bonchev–Trinajstić information content (AvgIpc) is 2.51. The van der Waals surface area contributed by atoms with E-state index in [-0.39, 0.29) is 36.3 Å². The van der Waals surface area contributed by atoms with Gasteiger partial charge in [-0.1, -0.05) is 39.5 Å². The minimum Gasteiger partial charge on any atom is -0.429 e. The molecule has 1 atom stereocenters. The van der Waals surface area contributed by atoms with Gasteiger partial charge in [0.25, 0.3) is 12.9 Å². The van der Waals surface area contributed by atoms with Gasteiger partial charge in [-0.15, -0.1) is 0 Å². The minimum atomic E-state index is -0.127. The molecule has 0 spiro atoms. The van der Waals surface area contributed by atoms with Crippen LogP contribution in [0.5, 0.6) is 11.5 Å². The summed E-state index contributed by atoms with van der Waals surface area (Å²) in [6.07, 6.45) is 5.27. The fourth-order valence-corrected chi connectivity index (χ4v) is 2.16. The van der Waals surface area contributed by atoms with Crippen molar-refractivity contribution in [3.63, 3.8) is 0 Å². The number of benzene rings is 1. The summed E-state index contributed by atoms with van der Waals surface area (Å²) in [7, 11) is 0. The van der Waals surface area contributed by atoms with Gasteiger partial charge in [-0.3, -0.25) is 14.4 Å². The first-order valence-corrected chi connectivity index (χ1v) is 7.77. The van der Waals surface area contributed by atoms with Crippen LogP contribution in [-0.2, 0) is 14.4 Å². The topological polar surface area (TPSA) is 81.7 Å². The third-order valence-corrected chi connectivity index (χ3v) is 3.45. The molecule has 0 saturated heterocycles. The van der Waals surface area contributed by atoms with Crippen molar-refractivity contribution >= 4 is 24.5 Å². The van der Waals surface area contributed by atoms with Crippen LogP contribution in [0.2, 0.25) is 0 Å². The zero-order chi connectivity index (χ0) is 17.1. The summed E-state index contributed by atoms with van der Waals surface area (Å²) in [6.45, 7) is 4.54. The maximum Gasteiger partial charge on any atom is 0.298 e. The van der Waals surface area contributed by atoms with Crippen molar-refractivity contribution in [1.29, 1.82) is 0 Å². The van der Waals surface area contributed by atoms with Crippen LogP contribution in [0.1, 0.15) is 46.0 Å². The molecule has 0 aromatic heterocycles. The van der Waals surface area contributed by atoms with Crippen molar-refractivity contribution in [3.8, 4) is 11.5 Å². The van der Waals surface area contributed by atoms with Gasteiger partial charge < -0.3 is 14.8 Å². The molecule has 6 nitrogen and oxygen atoms in total. The number of carbonyl (C=O) groups is 3. The fraction of sp³-hybridized carbons (Fsp3) is 0.471. The summed E-state index contributed by atoms with van der Waals surface area (Å²) >= 11 is 0. The van der Waals surface area contributed by atoms with E-state index in [9.17, 15) is 14.4 Å². The van der Waals surface area contributed by atoms with Gasteiger partial charge in [0.2, 0.25) is 5.91 Å². The lowest BCUT2D eigenvalue weighted by Gasteiger charge is -2.13. The van der Waals surface area contributed by atoms with Crippen LogP contribution in [-0.4, -0.2) is 18.9 Å². The number of hydrogen-bond acceptors (Lipinski definition) is 5. The number of amides is 1. The van der Waals surface area contributed by atoms with E-state index in [0.717, 1.165) is 25.7 Å².